The fourth-order valence-corrected chi connectivity index (χ4v) is 4.13. The molecule has 0 aliphatic heterocycles. The molecule has 3 N–H and O–H groups in total. The first-order valence-corrected chi connectivity index (χ1v) is 12.0. The van der Waals surface area contributed by atoms with Crippen LogP contribution in [0.4, 0.5) is 5.69 Å². The molecule has 186 valence electrons. The maximum Gasteiger partial charge on any atom is 0.261 e. The average Bonchev–Trinajstić information content (AvgIpc) is 3.48. The summed E-state index contributed by atoms with van der Waals surface area (Å²) in [4.78, 5) is 33.1. The van der Waals surface area contributed by atoms with Crippen LogP contribution in [-0.4, -0.2) is 47.9 Å². The lowest BCUT2D eigenvalue weighted by molar-refractivity contribution is 0.288. The third kappa shape index (κ3) is 4.23. The Kier molecular flexibility index (Phi) is 6.28. The third-order valence-corrected chi connectivity index (χ3v) is 5.77. The van der Waals surface area contributed by atoms with Crippen LogP contribution >= 0.6 is 0 Å². The Balaban J connectivity index is 1.69. The number of hydrogen-bond donors (Lipinski definition) is 3. The van der Waals surface area contributed by atoms with Gasteiger partial charge in [0.1, 0.15) is 22.7 Å². The van der Waals surface area contributed by atoms with Crippen molar-refractivity contribution in [2.75, 3.05) is 18.5 Å². The van der Waals surface area contributed by atoms with Crippen molar-refractivity contribution < 1.29 is 9.47 Å². The summed E-state index contributed by atoms with van der Waals surface area (Å²) in [5, 5.41) is 8.12. The maximum absolute atomic E-state index is 13.4. The van der Waals surface area contributed by atoms with Crippen LogP contribution in [-0.2, 0) is 6.54 Å². The number of nitrogens with zero attached hydrogens (tertiary/aromatic N) is 5. The second-order valence-electron chi connectivity index (χ2n) is 8.19. The minimum absolute atomic E-state index is 0.291. The zero-order valence-corrected chi connectivity index (χ0v) is 20.6. The van der Waals surface area contributed by atoms with Crippen LogP contribution < -0.4 is 20.3 Å². The minimum atomic E-state index is -0.295. The number of hydrogen-bond acceptors (Lipinski definition) is 8. The largest absolute Gasteiger partial charge is 0.490 e. The lowest BCUT2D eigenvalue weighted by atomic mass is 10.1. The molecule has 0 fully saturated rings. The zero-order valence-electron chi connectivity index (χ0n) is 20.6. The van der Waals surface area contributed by atoms with Gasteiger partial charge in [-0.05, 0) is 33.8 Å². The van der Waals surface area contributed by atoms with Gasteiger partial charge in [0, 0.05) is 37.3 Å². The molecule has 5 rings (SSSR count). The van der Waals surface area contributed by atoms with Crippen molar-refractivity contribution in [1.82, 2.24) is 34.7 Å². The number of nitrogens with one attached hydrogen (secondary N) is 3. The van der Waals surface area contributed by atoms with Crippen LogP contribution in [0.2, 0.25) is 0 Å². The number of anilines is 1. The molecule has 4 heterocycles. The molecule has 0 aliphatic rings. The van der Waals surface area contributed by atoms with Crippen LogP contribution in [0.25, 0.3) is 33.5 Å². The van der Waals surface area contributed by atoms with E-state index in [4.69, 9.17) is 19.6 Å². The summed E-state index contributed by atoms with van der Waals surface area (Å²) in [6, 6.07) is 5.12. The monoisotopic (exact) mass is 488 g/mol. The highest BCUT2D eigenvalue weighted by molar-refractivity contribution is 5.96. The predicted octanol–water partition coefficient (Wildman–Crippen LogP) is 4.05. The number of aromatic amines is 2. The van der Waals surface area contributed by atoms with Crippen molar-refractivity contribution in [1.29, 1.82) is 0 Å². The maximum atomic E-state index is 13.4. The number of imidazole rings is 1. The van der Waals surface area contributed by atoms with Gasteiger partial charge in [-0.3, -0.25) is 9.48 Å². The highest BCUT2D eigenvalue weighted by atomic mass is 16.5. The van der Waals surface area contributed by atoms with E-state index in [0.717, 1.165) is 5.52 Å². The molecule has 4 aromatic heterocycles. The van der Waals surface area contributed by atoms with Gasteiger partial charge in [0.05, 0.1) is 41.5 Å². The predicted molar refractivity (Wildman–Crippen MR) is 138 cm³/mol. The van der Waals surface area contributed by atoms with E-state index in [1.54, 1.807) is 23.1 Å². The van der Waals surface area contributed by atoms with Crippen LogP contribution in [0, 0.1) is 0 Å². The van der Waals surface area contributed by atoms with Gasteiger partial charge in [-0.2, -0.15) is 5.10 Å². The second kappa shape index (κ2) is 9.68. The Labute approximate surface area is 206 Å². The SMILES string of the molecule is CCOc1cc2nc(-c3c(N[C@@H](C)c4ncccn4)c4nn(CC)cc4[nH]c3=O)[nH]c2cc1OCC. The molecule has 0 spiro atoms. The minimum Gasteiger partial charge on any atom is -0.490 e. The number of pyridine rings is 1. The molecule has 11 heteroatoms. The molecule has 0 saturated heterocycles. The van der Waals surface area contributed by atoms with Crippen LogP contribution in [0.15, 0.2) is 41.6 Å². The van der Waals surface area contributed by atoms with Gasteiger partial charge in [-0.15, -0.1) is 0 Å². The van der Waals surface area contributed by atoms with Gasteiger partial charge in [0.25, 0.3) is 5.56 Å². The van der Waals surface area contributed by atoms with Crippen LogP contribution in [0.5, 0.6) is 11.5 Å². The third-order valence-electron chi connectivity index (χ3n) is 5.77. The van der Waals surface area contributed by atoms with Gasteiger partial charge < -0.3 is 24.8 Å². The normalized spacial score (nSPS) is 12.2. The van der Waals surface area contributed by atoms with Crippen molar-refractivity contribution >= 4 is 27.8 Å². The summed E-state index contributed by atoms with van der Waals surface area (Å²) in [5.41, 5.74) is 3.23. The first-order valence-electron chi connectivity index (χ1n) is 12.0. The van der Waals surface area contributed by atoms with Gasteiger partial charge in [-0.25, -0.2) is 15.0 Å². The van der Waals surface area contributed by atoms with Gasteiger partial charge in [-0.1, -0.05) is 0 Å². The molecule has 0 radical (unpaired) electrons. The molecule has 5 aromatic rings. The zero-order chi connectivity index (χ0) is 25.2. The fraction of sp³-hybridized carbons (Fsp3) is 0.320. The fourth-order valence-electron chi connectivity index (χ4n) is 4.13. The van der Waals surface area contributed by atoms with Crippen molar-refractivity contribution in [3.63, 3.8) is 0 Å². The van der Waals surface area contributed by atoms with Crippen molar-refractivity contribution in [2.45, 2.75) is 40.3 Å². The van der Waals surface area contributed by atoms with E-state index in [0.29, 0.717) is 70.7 Å². The van der Waals surface area contributed by atoms with E-state index in [1.807, 2.05) is 46.0 Å². The van der Waals surface area contributed by atoms with E-state index in [-0.39, 0.29) is 11.6 Å². The van der Waals surface area contributed by atoms with E-state index >= 15 is 0 Å². The highest BCUT2D eigenvalue weighted by Crippen LogP contribution is 2.36. The Bertz CT molecular complexity index is 1530. The molecular formula is C25H28N8O3. The molecule has 0 unspecified atom stereocenters. The molecule has 0 saturated carbocycles. The quantitative estimate of drug-likeness (QED) is 0.283. The molecular weight excluding hydrogens is 460 g/mol. The standard InChI is InChI=1S/C25H28N8O3/c1-5-33-13-17-21(32-33)22(28-14(4)23-26-9-8-10-27-23)20(25(34)31-17)24-29-15-11-18(35-6-2)19(36-7-3)12-16(15)30-24/h8-14,28H,5-7H2,1-4H3,(H,29,30)(H,31,34)/t14-/m0/s1. The first-order chi connectivity index (χ1) is 17.5. The lowest BCUT2D eigenvalue weighted by Crippen LogP contribution is -2.17. The molecule has 0 amide bonds. The number of aromatic nitrogens is 7. The smallest absolute Gasteiger partial charge is 0.261 e. The molecule has 1 atom stereocenters. The number of fused-ring (bicyclic) bond motifs is 2. The summed E-state index contributed by atoms with van der Waals surface area (Å²) in [7, 11) is 0. The summed E-state index contributed by atoms with van der Waals surface area (Å²) >= 11 is 0. The number of H-pyrrole nitrogens is 2. The number of benzene rings is 1. The van der Waals surface area contributed by atoms with E-state index in [1.165, 1.54) is 0 Å². The van der Waals surface area contributed by atoms with E-state index in [2.05, 4.69) is 25.3 Å². The summed E-state index contributed by atoms with van der Waals surface area (Å²) < 4.78 is 13.3. The molecule has 0 bridgehead atoms. The second-order valence-corrected chi connectivity index (χ2v) is 8.19. The van der Waals surface area contributed by atoms with E-state index < -0.39 is 0 Å². The van der Waals surface area contributed by atoms with Gasteiger partial charge in [0.15, 0.2) is 11.5 Å². The molecule has 0 aliphatic carbocycles. The Morgan fingerprint density at radius 1 is 1.03 bits per heavy atom. The first kappa shape index (κ1) is 23.3. The topological polar surface area (TPSA) is 136 Å². The van der Waals surface area contributed by atoms with Crippen LogP contribution in [0.1, 0.15) is 39.6 Å². The molecule has 36 heavy (non-hydrogen) atoms. The van der Waals surface area contributed by atoms with Gasteiger partial charge in [0.2, 0.25) is 0 Å². The number of rotatable bonds is 9. The summed E-state index contributed by atoms with van der Waals surface area (Å²) in [6.07, 6.45) is 5.19. The lowest BCUT2D eigenvalue weighted by Gasteiger charge is -2.16. The Hall–Kier alpha value is -4.41. The molecule has 1 aromatic carbocycles. The Morgan fingerprint density at radius 2 is 1.75 bits per heavy atom. The summed E-state index contributed by atoms with van der Waals surface area (Å²) in [5.74, 6) is 2.21. The van der Waals surface area contributed by atoms with Crippen molar-refractivity contribution in [2.24, 2.45) is 0 Å². The number of ether oxygens (including phenoxy) is 2. The van der Waals surface area contributed by atoms with Crippen LogP contribution in [0.3, 0.4) is 0 Å². The highest BCUT2D eigenvalue weighted by Gasteiger charge is 2.23. The summed E-state index contributed by atoms with van der Waals surface area (Å²) in [6.45, 7) is 9.40. The Morgan fingerprint density at radius 3 is 2.44 bits per heavy atom. The van der Waals surface area contributed by atoms with Crippen molar-refractivity contribution in [3.05, 3.63) is 53.0 Å². The average molecular weight is 489 g/mol. The molecule has 11 nitrogen and oxygen atoms in total. The van der Waals surface area contributed by atoms with Gasteiger partial charge >= 0.3 is 0 Å². The number of aryl methyl sites for hydroxylation is 1. The van der Waals surface area contributed by atoms with E-state index in [9.17, 15) is 4.79 Å². The van der Waals surface area contributed by atoms with Crippen molar-refractivity contribution in [3.8, 4) is 22.9 Å².